The maximum absolute atomic E-state index is 5.89. The third-order valence-corrected chi connectivity index (χ3v) is 5.81. The fraction of sp³-hybridized carbons (Fsp3) is 0.333. The van der Waals surface area contributed by atoms with Gasteiger partial charge in [0.25, 0.3) is 0 Å². The second kappa shape index (κ2) is 10.7. The van der Waals surface area contributed by atoms with E-state index >= 15 is 0 Å². The molecule has 174 valence electrons. The molecule has 0 spiro atoms. The Balaban J connectivity index is 0.00000259. The van der Waals surface area contributed by atoms with Crippen LogP contribution in [0.3, 0.4) is 0 Å². The molecule has 0 radical (unpaired) electrons. The van der Waals surface area contributed by atoms with Gasteiger partial charge < -0.3 is 29.2 Å². The molecule has 2 aliphatic heterocycles. The predicted molar refractivity (Wildman–Crippen MR) is 126 cm³/mol. The van der Waals surface area contributed by atoms with Gasteiger partial charge in [0.05, 0.1) is 20.3 Å². The first-order chi connectivity index (χ1) is 15.8. The lowest BCUT2D eigenvalue weighted by atomic mass is 9.83. The van der Waals surface area contributed by atoms with Crippen molar-refractivity contribution >= 4 is 0 Å². The van der Waals surface area contributed by atoms with E-state index in [-0.39, 0.29) is 23.6 Å². The molecular formula is C27H30O6. The number of allylic oxidation sites excluding steroid dienone is 5. The summed E-state index contributed by atoms with van der Waals surface area (Å²) < 4.78 is 27.6. The molecule has 0 aromatic heterocycles. The van der Waals surface area contributed by atoms with Gasteiger partial charge in [-0.05, 0) is 54.0 Å². The minimum atomic E-state index is 0. The van der Waals surface area contributed by atoms with Crippen molar-refractivity contribution in [2.45, 2.75) is 24.5 Å². The van der Waals surface area contributed by atoms with Crippen molar-refractivity contribution < 1.29 is 29.2 Å². The van der Waals surface area contributed by atoms with E-state index in [1.165, 1.54) is 16.7 Å². The highest BCUT2D eigenvalue weighted by Gasteiger charge is 2.24. The molecule has 2 heterocycles. The van der Waals surface area contributed by atoms with Gasteiger partial charge in [-0.1, -0.05) is 42.0 Å². The number of hydrogen-bond donors (Lipinski definition) is 0. The van der Waals surface area contributed by atoms with Gasteiger partial charge in [0.1, 0.15) is 42.7 Å². The first-order valence-corrected chi connectivity index (χ1v) is 11.1. The number of benzene rings is 2. The lowest BCUT2D eigenvalue weighted by Crippen LogP contribution is -2.06. The highest BCUT2D eigenvalue weighted by atomic mass is 16.6. The van der Waals surface area contributed by atoms with E-state index in [0.29, 0.717) is 13.2 Å². The van der Waals surface area contributed by atoms with Crippen LogP contribution in [0.4, 0.5) is 0 Å². The topological polar surface area (TPSA) is 84.2 Å². The van der Waals surface area contributed by atoms with E-state index in [2.05, 4.69) is 42.5 Å². The molecule has 2 fully saturated rings. The van der Waals surface area contributed by atoms with Crippen molar-refractivity contribution in [3.8, 4) is 11.5 Å². The van der Waals surface area contributed by atoms with Crippen LogP contribution < -0.4 is 9.47 Å². The van der Waals surface area contributed by atoms with Gasteiger partial charge in [0.2, 0.25) is 0 Å². The molecule has 2 aromatic rings. The van der Waals surface area contributed by atoms with Crippen molar-refractivity contribution in [1.82, 2.24) is 0 Å². The zero-order chi connectivity index (χ0) is 21.8. The Hall–Kier alpha value is -3.06. The number of rotatable bonds is 10. The largest absolute Gasteiger partial charge is 0.497 e. The minimum Gasteiger partial charge on any atom is -0.497 e. The molecule has 0 amide bonds. The number of hydrogen-bond acceptors (Lipinski definition) is 5. The average molecular weight is 451 g/mol. The zero-order valence-electron chi connectivity index (χ0n) is 18.7. The zero-order valence-corrected chi connectivity index (χ0v) is 18.7. The fourth-order valence-corrected chi connectivity index (χ4v) is 3.81. The molecule has 3 atom stereocenters. The van der Waals surface area contributed by atoms with Crippen molar-refractivity contribution in [3.05, 3.63) is 95.3 Å². The average Bonchev–Trinajstić information content (AvgIpc) is 3.73. The molecule has 2 aromatic carbocycles. The summed E-state index contributed by atoms with van der Waals surface area (Å²) in [7, 11) is 1.69. The van der Waals surface area contributed by atoms with Crippen LogP contribution in [-0.2, 0) is 14.2 Å². The van der Waals surface area contributed by atoms with Crippen LogP contribution in [0.1, 0.15) is 23.5 Å². The number of methoxy groups -OCH3 is 1. The monoisotopic (exact) mass is 450 g/mol. The Labute approximate surface area is 194 Å². The number of epoxide rings is 2. The van der Waals surface area contributed by atoms with Gasteiger partial charge in [0, 0.05) is 5.92 Å². The minimum absolute atomic E-state index is 0. The molecule has 0 saturated carbocycles. The van der Waals surface area contributed by atoms with Crippen LogP contribution in [0, 0.1) is 0 Å². The Bertz CT molecular complexity index is 998. The van der Waals surface area contributed by atoms with Gasteiger partial charge >= 0.3 is 0 Å². The van der Waals surface area contributed by atoms with Gasteiger partial charge in [0.15, 0.2) is 0 Å². The second-order valence-electron chi connectivity index (χ2n) is 8.23. The summed E-state index contributed by atoms with van der Waals surface area (Å²) in [5, 5.41) is 0. The highest BCUT2D eigenvalue weighted by Crippen LogP contribution is 2.36. The summed E-state index contributed by atoms with van der Waals surface area (Å²) in [6.07, 6.45) is 9.81. The van der Waals surface area contributed by atoms with Gasteiger partial charge in [-0.2, -0.15) is 0 Å². The van der Waals surface area contributed by atoms with E-state index in [0.717, 1.165) is 36.9 Å². The highest BCUT2D eigenvalue weighted by molar-refractivity contribution is 5.46. The molecule has 3 unspecified atom stereocenters. The third-order valence-electron chi connectivity index (χ3n) is 5.81. The first kappa shape index (κ1) is 23.1. The summed E-state index contributed by atoms with van der Waals surface area (Å²) in [6, 6.07) is 16.7. The summed E-state index contributed by atoms with van der Waals surface area (Å²) in [6.45, 7) is 2.81. The summed E-state index contributed by atoms with van der Waals surface area (Å²) in [4.78, 5) is 0. The van der Waals surface area contributed by atoms with Gasteiger partial charge in [-0.15, -0.1) is 0 Å². The molecular weight excluding hydrogens is 420 g/mol. The van der Waals surface area contributed by atoms with E-state index in [4.69, 9.17) is 23.7 Å². The Morgan fingerprint density at radius 2 is 1.39 bits per heavy atom. The molecule has 3 aliphatic rings. The first-order valence-electron chi connectivity index (χ1n) is 11.1. The van der Waals surface area contributed by atoms with Crippen molar-refractivity contribution in [2.24, 2.45) is 0 Å². The molecule has 0 bridgehead atoms. The van der Waals surface area contributed by atoms with Crippen LogP contribution in [0.25, 0.3) is 0 Å². The Kier molecular flexibility index (Phi) is 7.50. The van der Waals surface area contributed by atoms with Crippen LogP contribution >= 0.6 is 0 Å². The van der Waals surface area contributed by atoms with Gasteiger partial charge in [-0.3, -0.25) is 0 Å². The molecule has 6 heteroatoms. The summed E-state index contributed by atoms with van der Waals surface area (Å²) in [5.41, 5.74) is 3.73. The third kappa shape index (κ3) is 6.26. The fourth-order valence-electron chi connectivity index (χ4n) is 3.81. The van der Waals surface area contributed by atoms with E-state index in [9.17, 15) is 0 Å². The molecule has 5 rings (SSSR count). The molecule has 2 N–H and O–H groups in total. The quantitative estimate of drug-likeness (QED) is 0.512. The Morgan fingerprint density at radius 3 is 1.97 bits per heavy atom. The van der Waals surface area contributed by atoms with Crippen molar-refractivity contribution in [3.63, 3.8) is 0 Å². The smallest absolute Gasteiger partial charge is 0.119 e. The second-order valence-corrected chi connectivity index (χ2v) is 8.23. The van der Waals surface area contributed by atoms with Crippen molar-refractivity contribution in [1.29, 1.82) is 0 Å². The molecule has 33 heavy (non-hydrogen) atoms. The summed E-state index contributed by atoms with van der Waals surface area (Å²) in [5.74, 6) is 2.71. The lowest BCUT2D eigenvalue weighted by molar-refractivity contribution is 0.193. The number of ether oxygens (including phenoxy) is 5. The Morgan fingerprint density at radius 1 is 0.818 bits per heavy atom. The van der Waals surface area contributed by atoms with Gasteiger partial charge in [-0.25, -0.2) is 0 Å². The molecule has 2 saturated heterocycles. The standard InChI is InChI=1S/C27H28O5.H2O/c1-28-22-10-5-20(6-11-22)27(21-8-13-24(14-9-21)30-16-26-18-32-26)19-3-2-4-23(12-7-19)29-15-25-17-31-25;/h2,4-14,25-27H,3,15-18H2,1H3;1H2. The molecule has 6 nitrogen and oxygen atoms in total. The lowest BCUT2D eigenvalue weighted by Gasteiger charge is -2.21. The maximum Gasteiger partial charge on any atom is 0.119 e. The normalized spacial score (nSPS) is 21.6. The van der Waals surface area contributed by atoms with Crippen LogP contribution in [0.5, 0.6) is 11.5 Å². The maximum atomic E-state index is 5.89. The summed E-state index contributed by atoms with van der Waals surface area (Å²) >= 11 is 0. The van der Waals surface area contributed by atoms with Crippen LogP contribution in [0.2, 0.25) is 0 Å². The molecule has 1 aliphatic carbocycles. The van der Waals surface area contributed by atoms with Crippen LogP contribution in [0.15, 0.2) is 84.2 Å². The van der Waals surface area contributed by atoms with E-state index in [1.807, 2.05) is 30.3 Å². The SMILES string of the molecule is COc1ccc(C(C2=CC=C(OCC3CO3)C=CC2)c2ccc(OCC3CO3)cc2)cc1.O. The van der Waals surface area contributed by atoms with Crippen LogP contribution in [-0.4, -0.2) is 51.2 Å². The predicted octanol–water partition coefficient (Wildman–Crippen LogP) is 3.97. The van der Waals surface area contributed by atoms with E-state index < -0.39 is 0 Å². The van der Waals surface area contributed by atoms with Crippen molar-refractivity contribution in [2.75, 3.05) is 33.5 Å². The van der Waals surface area contributed by atoms with E-state index in [1.54, 1.807) is 7.11 Å².